The molecule has 0 radical (unpaired) electrons. The summed E-state index contributed by atoms with van der Waals surface area (Å²) in [7, 11) is 6.57. The lowest BCUT2D eigenvalue weighted by molar-refractivity contribution is 0.354. The molecule has 0 aliphatic carbocycles. The Morgan fingerprint density at radius 1 is 1.43 bits per heavy atom. The first-order valence-electron chi connectivity index (χ1n) is 3.63. The van der Waals surface area contributed by atoms with Gasteiger partial charge in [-0.1, -0.05) is 10.8 Å². The zero-order valence-electron chi connectivity index (χ0n) is 6.86. The Labute approximate surface area is 96.2 Å². The van der Waals surface area contributed by atoms with Crippen molar-refractivity contribution >= 4 is 47.6 Å². The predicted octanol–water partition coefficient (Wildman–Crippen LogP) is 3.10. The van der Waals surface area contributed by atoms with E-state index in [1.165, 1.54) is 12.8 Å². The summed E-state index contributed by atoms with van der Waals surface area (Å²) in [4.78, 5) is 8.09. The first-order chi connectivity index (χ1) is 6.95. The Hall–Kier alpha value is 0.0800. The second-order valence-corrected chi connectivity index (χ2v) is 8.12. The van der Waals surface area contributed by atoms with Gasteiger partial charge >= 0.3 is 0 Å². The van der Waals surface area contributed by atoms with E-state index in [0.29, 0.717) is 6.61 Å². The van der Waals surface area contributed by atoms with Gasteiger partial charge in [0.15, 0.2) is 12.8 Å². The van der Waals surface area contributed by atoms with Gasteiger partial charge in [-0.15, -0.1) is 0 Å². The zero-order valence-corrected chi connectivity index (χ0v) is 10.1. The maximum atomic E-state index is 4.99. The fraction of sp³-hybridized carbons (Fsp3) is 0.333. The summed E-state index contributed by atoms with van der Waals surface area (Å²) in [6.45, 7) is 0.673. The van der Waals surface area contributed by atoms with Crippen LogP contribution in [0.3, 0.4) is 0 Å². The van der Waals surface area contributed by atoms with Gasteiger partial charge in [0.2, 0.25) is 0 Å². The number of nitrogens with zero attached hydrogens (tertiary/aromatic N) is 2. The summed E-state index contributed by atoms with van der Waals surface area (Å²) in [5, 5.41) is 1.11. The van der Waals surface area contributed by atoms with Crippen LogP contribution >= 0.6 is 41.2 Å². The third-order valence-electron chi connectivity index (χ3n) is 1.25. The molecule has 0 spiro atoms. The molecule has 0 bridgehead atoms. The number of aromatic nitrogens is 1. The van der Waals surface area contributed by atoms with E-state index in [-0.39, 0.29) is 5.37 Å². The van der Waals surface area contributed by atoms with Crippen molar-refractivity contribution in [3.05, 3.63) is 12.7 Å². The van der Waals surface area contributed by atoms with Gasteiger partial charge in [-0.25, -0.2) is 9.98 Å². The van der Waals surface area contributed by atoms with Crippen LogP contribution in [-0.2, 0) is 4.74 Å². The highest BCUT2D eigenvalue weighted by Crippen LogP contribution is 2.47. The molecular weight excluding hydrogens is 260 g/mol. The van der Waals surface area contributed by atoms with Crippen molar-refractivity contribution in [3.63, 3.8) is 0 Å². The normalized spacial score (nSPS) is 19.9. The van der Waals surface area contributed by atoms with Crippen LogP contribution in [0.2, 0.25) is 0 Å². The van der Waals surface area contributed by atoms with Gasteiger partial charge in [-0.2, -0.15) is 0 Å². The van der Waals surface area contributed by atoms with Gasteiger partial charge < -0.3 is 9.15 Å². The van der Waals surface area contributed by atoms with Gasteiger partial charge in [0, 0.05) is 0 Å². The van der Waals surface area contributed by atoms with Crippen LogP contribution in [0.25, 0.3) is 0 Å². The van der Waals surface area contributed by atoms with Crippen molar-refractivity contribution < 1.29 is 9.15 Å². The molecule has 0 N–H and O–H groups in total. The van der Waals surface area contributed by atoms with Crippen molar-refractivity contribution in [2.75, 3.05) is 6.61 Å². The number of hydrogen-bond donors (Lipinski definition) is 0. The molecule has 76 valence electrons. The molecule has 2 heterocycles. The minimum atomic E-state index is 0.227. The first-order valence-corrected chi connectivity index (χ1v) is 8.51. The summed E-state index contributed by atoms with van der Waals surface area (Å²) in [5.41, 5.74) is 0. The molecular formula is C6H6N2O2S4. The van der Waals surface area contributed by atoms with Gasteiger partial charge in [0.05, 0.1) is 0 Å². The van der Waals surface area contributed by atoms with Crippen LogP contribution in [0.5, 0.6) is 0 Å². The van der Waals surface area contributed by atoms with E-state index in [4.69, 9.17) is 9.15 Å². The molecule has 0 fully saturated rings. The Morgan fingerprint density at radius 3 is 3.14 bits per heavy atom. The maximum absolute atomic E-state index is 4.99. The molecule has 0 saturated carbocycles. The number of ether oxygens (including phenoxy) is 1. The molecule has 1 aliphatic heterocycles. The van der Waals surface area contributed by atoms with Crippen molar-refractivity contribution in [2.45, 2.75) is 10.4 Å². The van der Waals surface area contributed by atoms with E-state index in [1.807, 2.05) is 0 Å². The largest absolute Gasteiger partial charge is 0.480 e. The van der Waals surface area contributed by atoms with Crippen LogP contribution in [0.15, 0.2) is 27.1 Å². The summed E-state index contributed by atoms with van der Waals surface area (Å²) < 4.78 is 9.83. The van der Waals surface area contributed by atoms with Crippen molar-refractivity contribution in [2.24, 2.45) is 4.99 Å². The Balaban J connectivity index is 1.57. The summed E-state index contributed by atoms with van der Waals surface area (Å²) in [5.74, 6) is 0. The van der Waals surface area contributed by atoms with Crippen LogP contribution in [0, 0.1) is 0 Å². The van der Waals surface area contributed by atoms with Crippen LogP contribution in [0.4, 0.5) is 0 Å². The molecule has 1 aromatic rings. The average Bonchev–Trinajstić information content (AvgIpc) is 2.86. The highest BCUT2D eigenvalue weighted by molar-refractivity contribution is 9.26. The van der Waals surface area contributed by atoms with E-state index in [2.05, 4.69) is 9.98 Å². The quantitative estimate of drug-likeness (QED) is 0.599. The highest BCUT2D eigenvalue weighted by atomic mass is 33.7. The Morgan fingerprint density at radius 2 is 2.43 bits per heavy atom. The third kappa shape index (κ3) is 3.34. The monoisotopic (exact) mass is 266 g/mol. The highest BCUT2D eigenvalue weighted by Gasteiger charge is 2.12. The minimum absolute atomic E-state index is 0.227. The molecule has 2 rings (SSSR count). The lowest BCUT2D eigenvalue weighted by Gasteiger charge is -2.01. The van der Waals surface area contributed by atoms with Gasteiger partial charge in [0.25, 0.3) is 0 Å². The molecule has 0 saturated heterocycles. The molecule has 0 aromatic carbocycles. The minimum Gasteiger partial charge on any atom is -0.480 e. The fourth-order valence-electron chi connectivity index (χ4n) is 0.685. The molecule has 1 unspecified atom stereocenters. The molecule has 1 atom stereocenters. The van der Waals surface area contributed by atoms with Crippen molar-refractivity contribution in [1.29, 1.82) is 0 Å². The second-order valence-electron chi connectivity index (χ2n) is 2.18. The van der Waals surface area contributed by atoms with E-state index in [0.717, 1.165) is 5.03 Å². The standard InChI is InChI=1S/C6H6N2O2S4/c1-5(7-3-9-1)11-13-14-12-6-2-10-4-8-6/h1,3-4,6H,2H2. The van der Waals surface area contributed by atoms with E-state index in [1.54, 1.807) is 47.5 Å². The van der Waals surface area contributed by atoms with Gasteiger partial charge in [-0.3, -0.25) is 0 Å². The Bertz CT molecular complexity index is 292. The molecule has 14 heavy (non-hydrogen) atoms. The molecule has 4 nitrogen and oxygen atoms in total. The number of oxazole rings is 1. The van der Waals surface area contributed by atoms with E-state index < -0.39 is 0 Å². The van der Waals surface area contributed by atoms with Crippen molar-refractivity contribution in [3.8, 4) is 0 Å². The molecule has 1 aromatic heterocycles. The van der Waals surface area contributed by atoms with Gasteiger partial charge in [-0.05, 0) is 30.4 Å². The SMILES string of the molecule is C1=NC(SSSSc2cocn2)CO1. The number of aliphatic imine (C=N–C) groups is 1. The average molecular weight is 266 g/mol. The topological polar surface area (TPSA) is 47.6 Å². The predicted molar refractivity (Wildman–Crippen MR) is 63.4 cm³/mol. The number of hydrogen-bond acceptors (Lipinski definition) is 8. The summed E-state index contributed by atoms with van der Waals surface area (Å²) >= 11 is 0. The molecule has 8 heteroatoms. The maximum Gasteiger partial charge on any atom is 0.181 e. The van der Waals surface area contributed by atoms with Crippen LogP contribution < -0.4 is 0 Å². The third-order valence-corrected chi connectivity index (χ3v) is 7.41. The second kappa shape index (κ2) is 5.84. The van der Waals surface area contributed by atoms with Crippen molar-refractivity contribution in [1.82, 2.24) is 4.98 Å². The molecule has 0 amide bonds. The van der Waals surface area contributed by atoms with Gasteiger partial charge in [0.1, 0.15) is 23.3 Å². The van der Waals surface area contributed by atoms with Crippen LogP contribution in [-0.4, -0.2) is 23.4 Å². The van der Waals surface area contributed by atoms with Crippen LogP contribution in [0.1, 0.15) is 0 Å². The Kier molecular flexibility index (Phi) is 4.42. The molecule has 1 aliphatic rings. The van der Waals surface area contributed by atoms with E-state index >= 15 is 0 Å². The van der Waals surface area contributed by atoms with E-state index in [9.17, 15) is 0 Å². The summed E-state index contributed by atoms with van der Waals surface area (Å²) in [6.07, 6.45) is 4.56. The first kappa shape index (κ1) is 10.6. The zero-order chi connectivity index (χ0) is 9.64. The summed E-state index contributed by atoms with van der Waals surface area (Å²) in [6, 6.07) is 0. The lowest BCUT2D eigenvalue weighted by Crippen LogP contribution is -1.96. The fourth-order valence-corrected chi connectivity index (χ4v) is 6.14. The smallest absolute Gasteiger partial charge is 0.181 e. The lowest BCUT2D eigenvalue weighted by atomic mass is 10.7. The number of rotatable bonds is 5.